The fourth-order valence-electron chi connectivity index (χ4n) is 4.95. The molecule has 0 aliphatic heterocycles. The van der Waals surface area contributed by atoms with E-state index in [2.05, 4.69) is 25.7 Å². The first-order chi connectivity index (χ1) is 15.3. The molecule has 2 aromatic heterocycles. The SMILES string of the molecule is Cc1cc(/C=C/C#N)cc(C)c1Oc1nc(NC23CC(C#N)(C2)C3)nc2c1c(C)n[s+]2[O-]. The molecule has 3 aliphatic carbocycles. The lowest BCUT2D eigenvalue weighted by Crippen LogP contribution is -2.70. The summed E-state index contributed by atoms with van der Waals surface area (Å²) in [6.07, 6.45) is 5.47. The first-order valence-electron chi connectivity index (χ1n) is 10.2. The van der Waals surface area contributed by atoms with Crippen LogP contribution in [0.2, 0.25) is 0 Å². The minimum atomic E-state index is -1.61. The summed E-state index contributed by atoms with van der Waals surface area (Å²) in [5.41, 5.74) is 2.86. The Morgan fingerprint density at radius 2 is 1.84 bits per heavy atom. The van der Waals surface area contributed by atoms with Crippen molar-refractivity contribution >= 4 is 33.2 Å². The van der Waals surface area contributed by atoms with Gasteiger partial charge < -0.3 is 14.6 Å². The molecule has 0 saturated heterocycles. The van der Waals surface area contributed by atoms with Crippen LogP contribution in [-0.2, 0) is 0 Å². The van der Waals surface area contributed by atoms with Crippen molar-refractivity contribution < 1.29 is 9.29 Å². The van der Waals surface area contributed by atoms with Crippen LogP contribution in [0.4, 0.5) is 5.95 Å². The van der Waals surface area contributed by atoms with E-state index < -0.39 is 10.9 Å². The summed E-state index contributed by atoms with van der Waals surface area (Å²) in [4.78, 5) is 9.43. The Bertz CT molecular complexity index is 1350. The third-order valence-corrected chi connectivity index (χ3v) is 7.33. The lowest BCUT2D eigenvalue weighted by molar-refractivity contribution is -0.0665. The molecular weight excluding hydrogens is 424 g/mol. The highest BCUT2D eigenvalue weighted by atomic mass is 32.2. The van der Waals surface area contributed by atoms with E-state index in [1.807, 2.05) is 32.0 Å². The summed E-state index contributed by atoms with van der Waals surface area (Å²) < 4.78 is 23.0. The molecule has 0 spiro atoms. The molecule has 3 aromatic rings. The predicted octanol–water partition coefficient (Wildman–Crippen LogP) is 4.86. The molecule has 6 rings (SSSR count). The number of nitriles is 2. The molecule has 1 N–H and O–H groups in total. The van der Waals surface area contributed by atoms with Gasteiger partial charge in [-0.2, -0.15) is 20.5 Å². The monoisotopic (exact) mass is 444 g/mol. The fourth-order valence-corrected chi connectivity index (χ4v) is 5.95. The Labute approximate surface area is 188 Å². The van der Waals surface area contributed by atoms with Gasteiger partial charge in [0.25, 0.3) is 0 Å². The van der Waals surface area contributed by atoms with Gasteiger partial charge in [-0.25, -0.2) is 0 Å². The summed E-state index contributed by atoms with van der Waals surface area (Å²) in [6.45, 7) is 5.62. The minimum Gasteiger partial charge on any atom is -0.567 e. The standard InChI is InChI=1S/C23H20N6O2S/c1-13-7-16(5-4-6-24)8-14(2)18(13)31-19-17-15(3)29-32(30)20(17)27-21(26-19)28-23-9-22(10-23,11-23)12-25/h4-5,7-8H,9-11H2,1-3H3,(H,26,27,28)/b5-4+. The van der Waals surface area contributed by atoms with Crippen LogP contribution in [0.3, 0.4) is 0 Å². The number of hydrogen-bond donors (Lipinski definition) is 1. The van der Waals surface area contributed by atoms with Crippen LogP contribution in [0, 0.1) is 48.8 Å². The number of allylic oxidation sites excluding steroid dienone is 1. The van der Waals surface area contributed by atoms with Crippen LogP contribution in [0.5, 0.6) is 11.6 Å². The highest BCUT2D eigenvalue weighted by molar-refractivity contribution is 7.26. The maximum absolute atomic E-state index is 12.5. The minimum absolute atomic E-state index is 0.169. The van der Waals surface area contributed by atoms with Crippen molar-refractivity contribution in [1.29, 1.82) is 10.5 Å². The van der Waals surface area contributed by atoms with E-state index in [0.717, 1.165) is 36.0 Å². The van der Waals surface area contributed by atoms with E-state index in [9.17, 15) is 9.81 Å². The summed E-state index contributed by atoms with van der Waals surface area (Å²) >= 11 is 0. The van der Waals surface area contributed by atoms with Crippen LogP contribution in [0.1, 0.15) is 41.6 Å². The predicted molar refractivity (Wildman–Crippen MR) is 120 cm³/mol. The molecule has 0 amide bonds. The summed E-state index contributed by atoms with van der Waals surface area (Å²) in [5, 5.41) is 22.0. The topological polar surface area (TPSA) is 131 Å². The van der Waals surface area contributed by atoms with Gasteiger partial charge in [0.1, 0.15) is 16.8 Å². The average molecular weight is 445 g/mol. The largest absolute Gasteiger partial charge is 0.567 e. The number of nitrogens with zero attached hydrogens (tertiary/aromatic N) is 5. The normalized spacial score (nSPS) is 23.9. The number of anilines is 1. The molecule has 1 unspecified atom stereocenters. The molecular formula is C23H20N6O2S. The van der Waals surface area contributed by atoms with Crippen LogP contribution in [-0.4, -0.2) is 24.4 Å². The Balaban J connectivity index is 1.53. The summed E-state index contributed by atoms with van der Waals surface area (Å²) in [5.74, 6) is 1.29. The highest BCUT2D eigenvalue weighted by Crippen LogP contribution is 2.67. The highest BCUT2D eigenvalue weighted by Gasteiger charge is 2.69. The second-order valence-corrected chi connectivity index (χ2v) is 9.90. The number of aromatic nitrogens is 3. The quantitative estimate of drug-likeness (QED) is 0.436. The molecule has 0 radical (unpaired) electrons. The van der Waals surface area contributed by atoms with Gasteiger partial charge in [-0.1, -0.05) is 0 Å². The first-order valence-corrected chi connectivity index (χ1v) is 11.3. The lowest BCUT2D eigenvalue weighted by atomic mass is 9.40. The van der Waals surface area contributed by atoms with E-state index in [1.54, 1.807) is 13.0 Å². The first kappa shape index (κ1) is 20.4. The van der Waals surface area contributed by atoms with Gasteiger partial charge in [0.2, 0.25) is 11.8 Å². The second-order valence-electron chi connectivity index (χ2n) is 8.83. The molecule has 32 heavy (non-hydrogen) atoms. The average Bonchev–Trinajstić information content (AvgIpc) is 2.98. The molecule has 8 nitrogen and oxygen atoms in total. The van der Waals surface area contributed by atoms with Crippen LogP contribution in [0.25, 0.3) is 16.3 Å². The number of hydrogen-bond acceptors (Lipinski definition) is 8. The number of nitrogens with one attached hydrogen (secondary N) is 1. The Kier molecular flexibility index (Phi) is 4.45. The zero-order chi connectivity index (χ0) is 22.7. The Morgan fingerprint density at radius 1 is 1.16 bits per heavy atom. The van der Waals surface area contributed by atoms with Crippen molar-refractivity contribution in [2.24, 2.45) is 5.41 Å². The van der Waals surface area contributed by atoms with Crippen LogP contribution < -0.4 is 10.1 Å². The van der Waals surface area contributed by atoms with Gasteiger partial charge in [0.15, 0.2) is 0 Å². The van der Waals surface area contributed by atoms with Crippen LogP contribution in [0.15, 0.2) is 18.2 Å². The molecule has 2 bridgehead atoms. The van der Waals surface area contributed by atoms with Gasteiger partial charge in [-0.3, -0.25) is 0 Å². The maximum Gasteiger partial charge on any atom is 0.307 e. The van der Waals surface area contributed by atoms with Crippen molar-refractivity contribution in [3.63, 3.8) is 0 Å². The van der Waals surface area contributed by atoms with Crippen molar-refractivity contribution in [2.75, 3.05) is 5.32 Å². The van der Waals surface area contributed by atoms with Gasteiger partial charge in [-0.05, 0) is 79.3 Å². The van der Waals surface area contributed by atoms with Crippen molar-refractivity contribution in [2.45, 2.75) is 45.6 Å². The molecule has 3 aliphatic rings. The van der Waals surface area contributed by atoms with Crippen molar-refractivity contribution in [3.8, 4) is 23.8 Å². The van der Waals surface area contributed by atoms with E-state index in [-0.39, 0.29) is 11.0 Å². The molecule has 9 heteroatoms. The zero-order valence-electron chi connectivity index (χ0n) is 17.9. The second kappa shape index (κ2) is 6.99. The molecule has 3 fully saturated rings. The van der Waals surface area contributed by atoms with Crippen molar-refractivity contribution in [1.82, 2.24) is 14.3 Å². The summed E-state index contributed by atoms with van der Waals surface area (Å²) in [6, 6.07) is 8.24. The van der Waals surface area contributed by atoms with Gasteiger partial charge in [0, 0.05) is 11.6 Å². The summed E-state index contributed by atoms with van der Waals surface area (Å²) in [7, 11) is -1.61. The number of aryl methyl sites for hydroxylation is 3. The molecule has 1 aromatic carbocycles. The maximum atomic E-state index is 12.5. The lowest BCUT2D eigenvalue weighted by Gasteiger charge is -2.66. The molecule has 1 atom stereocenters. The fraction of sp³-hybridized carbons (Fsp3) is 0.348. The molecule has 3 saturated carbocycles. The van der Waals surface area contributed by atoms with Gasteiger partial charge in [0.05, 0.1) is 28.5 Å². The van der Waals surface area contributed by atoms with E-state index in [0.29, 0.717) is 33.5 Å². The zero-order valence-corrected chi connectivity index (χ0v) is 18.7. The third kappa shape index (κ3) is 3.10. The van der Waals surface area contributed by atoms with E-state index in [4.69, 9.17) is 10.00 Å². The molecule has 160 valence electrons. The van der Waals surface area contributed by atoms with Gasteiger partial charge in [-0.15, -0.1) is 0 Å². The Hall–Kier alpha value is -3.53. The van der Waals surface area contributed by atoms with E-state index in [1.165, 1.54) is 6.08 Å². The number of benzene rings is 1. The molecule has 2 heterocycles. The Morgan fingerprint density at radius 3 is 2.47 bits per heavy atom. The third-order valence-electron chi connectivity index (χ3n) is 6.27. The van der Waals surface area contributed by atoms with Crippen LogP contribution >= 0.6 is 10.9 Å². The number of fused-ring (bicyclic) bond motifs is 1. The number of ether oxygens (including phenoxy) is 1. The number of rotatable bonds is 5. The van der Waals surface area contributed by atoms with E-state index >= 15 is 0 Å². The van der Waals surface area contributed by atoms with Crippen molar-refractivity contribution in [3.05, 3.63) is 40.6 Å². The van der Waals surface area contributed by atoms with Gasteiger partial charge >= 0.3 is 4.83 Å². The smallest absolute Gasteiger partial charge is 0.307 e.